The maximum Gasteiger partial charge on any atom is 0.276 e. The average molecular weight is 393 g/mol. The molecule has 3 heterocycles. The first-order valence-corrected chi connectivity index (χ1v) is 9.07. The number of carbonyl (C=O) groups is 1. The van der Waals surface area contributed by atoms with Gasteiger partial charge in [-0.1, -0.05) is 28.9 Å². The second kappa shape index (κ2) is 8.06. The first kappa shape index (κ1) is 17.9. The molecule has 28 heavy (non-hydrogen) atoms. The Morgan fingerprint density at radius 2 is 1.71 bits per heavy atom. The molecule has 0 saturated carbocycles. The summed E-state index contributed by atoms with van der Waals surface area (Å²) in [5.41, 5.74) is 2.23. The molecule has 1 N–H and O–H groups in total. The van der Waals surface area contributed by atoms with E-state index in [0.717, 1.165) is 11.1 Å². The molecular weight excluding hydrogens is 376 g/mol. The largest absolute Gasteiger partial charge is 0.346 e. The minimum Gasteiger partial charge on any atom is -0.346 e. The zero-order valence-corrected chi connectivity index (χ0v) is 15.6. The Balaban J connectivity index is 1.61. The van der Waals surface area contributed by atoms with Gasteiger partial charge in [-0.15, -0.1) is 5.10 Å². The third-order valence-corrected chi connectivity index (χ3v) is 4.47. The van der Waals surface area contributed by atoms with Crippen molar-refractivity contribution in [1.82, 2.24) is 29.9 Å². The Kier molecular flexibility index (Phi) is 5.16. The highest BCUT2D eigenvalue weighted by atomic mass is 35.5. The molecule has 7 nitrogen and oxygen atoms in total. The van der Waals surface area contributed by atoms with Gasteiger partial charge in [-0.2, -0.15) is 0 Å². The van der Waals surface area contributed by atoms with Crippen LogP contribution in [0.2, 0.25) is 5.02 Å². The van der Waals surface area contributed by atoms with E-state index in [2.05, 4.69) is 20.6 Å². The zero-order chi connectivity index (χ0) is 19.3. The molecule has 0 bridgehead atoms. The van der Waals surface area contributed by atoms with Crippen LogP contribution in [-0.4, -0.2) is 30.5 Å². The molecule has 1 aromatic carbocycles. The van der Waals surface area contributed by atoms with Crippen molar-refractivity contribution in [2.75, 3.05) is 0 Å². The molecule has 0 radical (unpaired) electrons. The van der Waals surface area contributed by atoms with Crippen molar-refractivity contribution in [2.45, 2.75) is 13.1 Å². The number of nitrogens with zero attached hydrogens (tertiary/aromatic N) is 5. The number of benzene rings is 1. The number of carbonyl (C=O) groups excluding carboxylic acids is 1. The SMILES string of the molecule is O=C(NCc1ccncc1)c1nnn(Cc2ccc(Cl)cc2)c1-n1cccc1. The molecular formula is C20H17ClN6O. The molecule has 0 aliphatic carbocycles. The molecule has 0 spiro atoms. The Morgan fingerprint density at radius 1 is 1.00 bits per heavy atom. The molecule has 140 valence electrons. The average Bonchev–Trinajstić information content (AvgIpc) is 3.38. The van der Waals surface area contributed by atoms with E-state index in [0.29, 0.717) is 23.9 Å². The lowest BCUT2D eigenvalue weighted by Crippen LogP contribution is -2.25. The molecule has 0 saturated heterocycles. The van der Waals surface area contributed by atoms with Gasteiger partial charge in [0.05, 0.1) is 6.54 Å². The second-order valence-electron chi connectivity index (χ2n) is 6.17. The molecule has 0 unspecified atom stereocenters. The number of rotatable bonds is 6. The highest BCUT2D eigenvalue weighted by molar-refractivity contribution is 6.30. The van der Waals surface area contributed by atoms with Crippen molar-refractivity contribution in [2.24, 2.45) is 0 Å². The number of amides is 1. The third kappa shape index (κ3) is 3.94. The molecule has 0 atom stereocenters. The van der Waals surface area contributed by atoms with Crippen molar-refractivity contribution in [1.29, 1.82) is 0 Å². The Labute approximate surface area is 166 Å². The van der Waals surface area contributed by atoms with Crippen LogP contribution >= 0.6 is 11.6 Å². The molecule has 3 aromatic heterocycles. The Hall–Kier alpha value is -3.45. The van der Waals surface area contributed by atoms with Gasteiger partial charge in [-0.3, -0.25) is 9.78 Å². The summed E-state index contributed by atoms with van der Waals surface area (Å²) >= 11 is 5.96. The van der Waals surface area contributed by atoms with E-state index in [-0.39, 0.29) is 11.6 Å². The number of nitrogens with one attached hydrogen (secondary N) is 1. The third-order valence-electron chi connectivity index (χ3n) is 4.22. The standard InChI is InChI=1S/C20H17ClN6O/c21-17-5-3-16(4-6-17)14-27-20(26-11-1-2-12-26)18(24-25-27)19(28)23-13-15-7-9-22-10-8-15/h1-12H,13-14H2,(H,23,28). The minimum atomic E-state index is -0.289. The molecule has 0 fully saturated rings. The Bertz CT molecular complexity index is 1060. The second-order valence-corrected chi connectivity index (χ2v) is 6.61. The van der Waals surface area contributed by atoms with Crippen molar-refractivity contribution in [3.05, 3.63) is 95.2 Å². The van der Waals surface area contributed by atoms with Crippen LogP contribution in [0.4, 0.5) is 0 Å². The lowest BCUT2D eigenvalue weighted by Gasteiger charge is -2.10. The summed E-state index contributed by atoms with van der Waals surface area (Å²) in [5, 5.41) is 11.9. The monoisotopic (exact) mass is 392 g/mol. The van der Waals surface area contributed by atoms with E-state index in [1.54, 1.807) is 17.1 Å². The summed E-state index contributed by atoms with van der Waals surface area (Å²) in [7, 11) is 0. The van der Waals surface area contributed by atoms with Gasteiger partial charge < -0.3 is 9.88 Å². The fourth-order valence-corrected chi connectivity index (χ4v) is 2.95. The van der Waals surface area contributed by atoms with Crippen LogP contribution in [-0.2, 0) is 13.1 Å². The molecule has 1 amide bonds. The fraction of sp³-hybridized carbons (Fsp3) is 0.100. The maximum absolute atomic E-state index is 12.8. The van der Waals surface area contributed by atoms with Crippen LogP contribution in [0.5, 0.6) is 0 Å². The first-order chi connectivity index (χ1) is 13.7. The molecule has 4 rings (SSSR count). The van der Waals surface area contributed by atoms with Gasteiger partial charge >= 0.3 is 0 Å². The summed E-state index contributed by atoms with van der Waals surface area (Å²) in [5.74, 6) is 0.315. The van der Waals surface area contributed by atoms with Crippen molar-refractivity contribution >= 4 is 17.5 Å². The summed E-state index contributed by atoms with van der Waals surface area (Å²) in [6.45, 7) is 0.853. The molecule has 0 aliphatic rings. The van der Waals surface area contributed by atoms with Crippen molar-refractivity contribution in [3.8, 4) is 5.82 Å². The predicted molar refractivity (Wildman–Crippen MR) is 105 cm³/mol. The van der Waals surface area contributed by atoms with Crippen LogP contribution in [0.1, 0.15) is 21.6 Å². The number of pyridine rings is 1. The predicted octanol–water partition coefficient (Wildman–Crippen LogP) is 3.10. The van der Waals surface area contributed by atoms with Gasteiger partial charge in [0, 0.05) is 36.4 Å². The van der Waals surface area contributed by atoms with Crippen LogP contribution in [0, 0.1) is 0 Å². The van der Waals surface area contributed by atoms with Crippen molar-refractivity contribution < 1.29 is 4.79 Å². The fourth-order valence-electron chi connectivity index (χ4n) is 2.82. The molecule has 4 aromatic rings. The van der Waals surface area contributed by atoms with E-state index >= 15 is 0 Å². The lowest BCUT2D eigenvalue weighted by atomic mass is 10.2. The van der Waals surface area contributed by atoms with E-state index in [9.17, 15) is 4.79 Å². The maximum atomic E-state index is 12.8. The normalized spacial score (nSPS) is 10.8. The van der Waals surface area contributed by atoms with Crippen LogP contribution < -0.4 is 5.32 Å². The number of hydrogen-bond acceptors (Lipinski definition) is 4. The topological polar surface area (TPSA) is 77.6 Å². The van der Waals surface area contributed by atoms with Crippen LogP contribution in [0.15, 0.2) is 73.3 Å². The summed E-state index contributed by atoms with van der Waals surface area (Å²) < 4.78 is 3.53. The number of aromatic nitrogens is 5. The first-order valence-electron chi connectivity index (χ1n) is 8.69. The summed E-state index contributed by atoms with van der Waals surface area (Å²) in [6.07, 6.45) is 7.09. The van der Waals surface area contributed by atoms with E-state index in [1.165, 1.54) is 0 Å². The smallest absolute Gasteiger partial charge is 0.276 e. The van der Waals surface area contributed by atoms with Gasteiger partial charge in [-0.05, 0) is 47.5 Å². The minimum absolute atomic E-state index is 0.263. The summed E-state index contributed by atoms with van der Waals surface area (Å²) in [4.78, 5) is 16.7. The lowest BCUT2D eigenvalue weighted by molar-refractivity contribution is 0.0946. The van der Waals surface area contributed by atoms with Gasteiger partial charge in [0.2, 0.25) is 0 Å². The van der Waals surface area contributed by atoms with E-state index < -0.39 is 0 Å². The van der Waals surface area contributed by atoms with Gasteiger partial charge in [0.15, 0.2) is 11.5 Å². The quantitative estimate of drug-likeness (QED) is 0.547. The highest BCUT2D eigenvalue weighted by Gasteiger charge is 2.21. The van der Waals surface area contributed by atoms with Gasteiger partial charge in [-0.25, -0.2) is 4.68 Å². The van der Waals surface area contributed by atoms with Gasteiger partial charge in [0.1, 0.15) is 0 Å². The highest BCUT2D eigenvalue weighted by Crippen LogP contribution is 2.16. The van der Waals surface area contributed by atoms with E-state index in [1.807, 2.05) is 65.5 Å². The van der Waals surface area contributed by atoms with E-state index in [4.69, 9.17) is 11.6 Å². The Morgan fingerprint density at radius 3 is 2.43 bits per heavy atom. The van der Waals surface area contributed by atoms with Crippen molar-refractivity contribution in [3.63, 3.8) is 0 Å². The molecule has 0 aliphatic heterocycles. The van der Waals surface area contributed by atoms with Gasteiger partial charge in [0.25, 0.3) is 5.91 Å². The van der Waals surface area contributed by atoms with Crippen LogP contribution in [0.3, 0.4) is 0 Å². The number of hydrogen-bond donors (Lipinski definition) is 1. The zero-order valence-electron chi connectivity index (χ0n) is 14.9. The molecule has 8 heteroatoms. The summed E-state index contributed by atoms with van der Waals surface area (Å²) in [6, 6.07) is 15.0. The van der Waals surface area contributed by atoms with Crippen LogP contribution in [0.25, 0.3) is 5.82 Å². The number of halogens is 1.